The molecule has 1 aromatic heterocycles. The Labute approximate surface area is 118 Å². The van der Waals surface area contributed by atoms with Gasteiger partial charge < -0.3 is 5.73 Å². The van der Waals surface area contributed by atoms with E-state index in [1.165, 1.54) is 5.56 Å². The zero-order chi connectivity index (χ0) is 12.3. The highest BCUT2D eigenvalue weighted by molar-refractivity contribution is 9.10. The van der Waals surface area contributed by atoms with E-state index in [9.17, 15) is 0 Å². The highest BCUT2D eigenvalue weighted by Gasteiger charge is 2.18. The first-order valence-electron chi connectivity index (χ1n) is 5.24. The standard InChI is InChI=1S/C12H13BrN2S2/c1-8(14)11(17-12-15-6-7-16-12)9-2-4-10(13)5-3-9/h2-8,11H,14H2,1H3. The predicted molar refractivity (Wildman–Crippen MR) is 78.5 cm³/mol. The van der Waals surface area contributed by atoms with Gasteiger partial charge in [0.2, 0.25) is 0 Å². The highest BCUT2D eigenvalue weighted by atomic mass is 79.9. The molecule has 2 atom stereocenters. The smallest absolute Gasteiger partial charge is 0.150 e. The Morgan fingerprint density at radius 1 is 1.35 bits per heavy atom. The third-order valence-corrected chi connectivity index (χ3v) is 5.25. The van der Waals surface area contributed by atoms with Crippen LogP contribution < -0.4 is 5.73 Å². The number of thioether (sulfide) groups is 1. The average Bonchev–Trinajstić information content (AvgIpc) is 2.80. The van der Waals surface area contributed by atoms with Crippen LogP contribution in [0.25, 0.3) is 0 Å². The number of hydrogen-bond acceptors (Lipinski definition) is 4. The first kappa shape index (κ1) is 13.1. The topological polar surface area (TPSA) is 38.9 Å². The van der Waals surface area contributed by atoms with E-state index in [0.717, 1.165) is 8.81 Å². The molecule has 0 fully saturated rings. The van der Waals surface area contributed by atoms with Crippen LogP contribution >= 0.6 is 39.0 Å². The van der Waals surface area contributed by atoms with Gasteiger partial charge in [0.15, 0.2) is 0 Å². The zero-order valence-corrected chi connectivity index (χ0v) is 12.6. The van der Waals surface area contributed by atoms with Crippen molar-refractivity contribution in [2.75, 3.05) is 0 Å². The van der Waals surface area contributed by atoms with E-state index in [1.807, 2.05) is 30.6 Å². The van der Waals surface area contributed by atoms with Crippen molar-refractivity contribution in [3.8, 4) is 0 Å². The quantitative estimate of drug-likeness (QED) is 0.859. The summed E-state index contributed by atoms with van der Waals surface area (Å²) in [5.41, 5.74) is 7.31. The molecule has 0 spiro atoms. The van der Waals surface area contributed by atoms with Gasteiger partial charge in [-0.05, 0) is 24.6 Å². The third kappa shape index (κ3) is 3.55. The second kappa shape index (κ2) is 6.00. The van der Waals surface area contributed by atoms with Gasteiger partial charge in [-0.3, -0.25) is 0 Å². The van der Waals surface area contributed by atoms with Crippen molar-refractivity contribution in [2.45, 2.75) is 22.6 Å². The SMILES string of the molecule is CC(N)C(Sc1nccs1)c1ccc(Br)cc1. The van der Waals surface area contributed by atoms with Gasteiger partial charge in [0.05, 0.1) is 5.25 Å². The van der Waals surface area contributed by atoms with Gasteiger partial charge in [-0.25, -0.2) is 4.98 Å². The summed E-state index contributed by atoms with van der Waals surface area (Å²) in [6, 6.07) is 8.41. The molecule has 2 N–H and O–H groups in total. The molecule has 0 saturated heterocycles. The van der Waals surface area contributed by atoms with E-state index in [2.05, 4.69) is 33.0 Å². The van der Waals surface area contributed by atoms with Crippen molar-refractivity contribution in [3.63, 3.8) is 0 Å². The van der Waals surface area contributed by atoms with Crippen LogP contribution in [0.3, 0.4) is 0 Å². The molecule has 2 nitrogen and oxygen atoms in total. The molecule has 2 unspecified atom stereocenters. The normalized spacial score (nSPS) is 14.5. The average molecular weight is 329 g/mol. The Kier molecular flexibility index (Phi) is 4.62. The molecule has 1 aromatic carbocycles. The fourth-order valence-electron chi connectivity index (χ4n) is 1.51. The minimum atomic E-state index is 0.0880. The molecule has 0 amide bonds. The molecule has 0 aliphatic carbocycles. The molecular formula is C12H13BrN2S2. The molecule has 0 aliphatic heterocycles. The lowest BCUT2D eigenvalue weighted by molar-refractivity contribution is 0.721. The second-order valence-corrected chi connectivity index (χ2v) is 6.95. The van der Waals surface area contributed by atoms with Crippen LogP contribution in [0.1, 0.15) is 17.7 Å². The number of nitrogens with zero attached hydrogens (tertiary/aromatic N) is 1. The maximum atomic E-state index is 6.07. The van der Waals surface area contributed by atoms with E-state index in [4.69, 9.17) is 5.73 Å². The van der Waals surface area contributed by atoms with Crippen LogP contribution in [-0.2, 0) is 0 Å². The Morgan fingerprint density at radius 2 is 2.06 bits per heavy atom. The van der Waals surface area contributed by atoms with Crippen LogP contribution in [0, 0.1) is 0 Å². The Morgan fingerprint density at radius 3 is 2.59 bits per heavy atom. The van der Waals surface area contributed by atoms with Crippen molar-refractivity contribution < 1.29 is 0 Å². The summed E-state index contributed by atoms with van der Waals surface area (Å²) in [4.78, 5) is 4.30. The van der Waals surface area contributed by atoms with Gasteiger partial charge in [0.1, 0.15) is 4.34 Å². The van der Waals surface area contributed by atoms with Crippen molar-refractivity contribution in [1.82, 2.24) is 4.98 Å². The van der Waals surface area contributed by atoms with Gasteiger partial charge in [-0.1, -0.05) is 39.8 Å². The number of hydrogen-bond donors (Lipinski definition) is 1. The maximum Gasteiger partial charge on any atom is 0.150 e. The summed E-state index contributed by atoms with van der Waals surface area (Å²) in [5, 5.41) is 2.23. The molecule has 2 aromatic rings. The van der Waals surface area contributed by atoms with Crippen LogP contribution in [-0.4, -0.2) is 11.0 Å². The molecule has 2 rings (SSSR count). The summed E-state index contributed by atoms with van der Waals surface area (Å²) >= 11 is 6.83. The lowest BCUT2D eigenvalue weighted by Gasteiger charge is -2.19. The summed E-state index contributed by atoms with van der Waals surface area (Å²) in [5.74, 6) is 0. The molecule has 0 aliphatic rings. The number of nitrogens with two attached hydrogens (primary N) is 1. The number of rotatable bonds is 4. The summed E-state index contributed by atoms with van der Waals surface area (Å²) in [6.45, 7) is 2.04. The summed E-state index contributed by atoms with van der Waals surface area (Å²) < 4.78 is 2.15. The highest BCUT2D eigenvalue weighted by Crippen LogP contribution is 2.38. The van der Waals surface area contributed by atoms with E-state index in [-0.39, 0.29) is 11.3 Å². The van der Waals surface area contributed by atoms with E-state index >= 15 is 0 Å². The van der Waals surface area contributed by atoms with E-state index < -0.39 is 0 Å². The molecule has 5 heteroatoms. The zero-order valence-electron chi connectivity index (χ0n) is 9.34. The van der Waals surface area contributed by atoms with Gasteiger partial charge >= 0.3 is 0 Å². The molecule has 90 valence electrons. The van der Waals surface area contributed by atoms with Crippen LogP contribution in [0.15, 0.2) is 44.7 Å². The number of aromatic nitrogens is 1. The fourth-order valence-corrected chi connectivity index (χ4v) is 3.68. The number of halogens is 1. The minimum absolute atomic E-state index is 0.0880. The second-order valence-electron chi connectivity index (χ2n) is 3.75. The third-order valence-electron chi connectivity index (χ3n) is 2.31. The lowest BCUT2D eigenvalue weighted by atomic mass is 10.1. The molecule has 0 saturated carbocycles. The molecule has 0 radical (unpaired) electrons. The Balaban J connectivity index is 2.20. The van der Waals surface area contributed by atoms with Crippen molar-refractivity contribution in [3.05, 3.63) is 45.9 Å². The van der Waals surface area contributed by atoms with E-state index in [0.29, 0.717) is 0 Å². The van der Waals surface area contributed by atoms with Crippen LogP contribution in [0.2, 0.25) is 0 Å². The van der Waals surface area contributed by atoms with Gasteiger partial charge in [0, 0.05) is 22.1 Å². The van der Waals surface area contributed by atoms with Crippen LogP contribution in [0.5, 0.6) is 0 Å². The lowest BCUT2D eigenvalue weighted by Crippen LogP contribution is -2.22. The van der Waals surface area contributed by atoms with Crippen molar-refractivity contribution >= 4 is 39.0 Å². The van der Waals surface area contributed by atoms with Crippen LogP contribution in [0.4, 0.5) is 0 Å². The summed E-state index contributed by atoms with van der Waals surface area (Å²) in [7, 11) is 0. The van der Waals surface area contributed by atoms with Gasteiger partial charge in [-0.15, -0.1) is 11.3 Å². The fraction of sp³-hybridized carbons (Fsp3) is 0.250. The molecule has 17 heavy (non-hydrogen) atoms. The van der Waals surface area contributed by atoms with E-state index in [1.54, 1.807) is 23.1 Å². The van der Waals surface area contributed by atoms with Crippen molar-refractivity contribution in [2.24, 2.45) is 5.73 Å². The van der Waals surface area contributed by atoms with Crippen molar-refractivity contribution in [1.29, 1.82) is 0 Å². The molecule has 0 bridgehead atoms. The summed E-state index contributed by atoms with van der Waals surface area (Å²) in [6.07, 6.45) is 1.83. The molecule has 1 heterocycles. The number of benzene rings is 1. The Hall–Kier alpha value is -0.360. The predicted octanol–water partition coefficient (Wildman–Crippen LogP) is 4.09. The van der Waals surface area contributed by atoms with Gasteiger partial charge in [-0.2, -0.15) is 0 Å². The largest absolute Gasteiger partial charge is 0.327 e. The minimum Gasteiger partial charge on any atom is -0.327 e. The first-order valence-corrected chi connectivity index (χ1v) is 7.79. The van der Waals surface area contributed by atoms with Gasteiger partial charge in [0.25, 0.3) is 0 Å². The maximum absolute atomic E-state index is 6.07. The number of thiazole rings is 1. The first-order chi connectivity index (χ1) is 8.16. The monoisotopic (exact) mass is 328 g/mol. The Bertz CT molecular complexity index is 454. The molecular weight excluding hydrogens is 316 g/mol.